The van der Waals surface area contributed by atoms with Crippen molar-refractivity contribution in [2.24, 2.45) is 0 Å². The van der Waals surface area contributed by atoms with Crippen LogP contribution in [0.3, 0.4) is 0 Å². The molecule has 4 rings (SSSR count). The third-order valence-corrected chi connectivity index (χ3v) is 4.88. The van der Waals surface area contributed by atoms with Crippen LogP contribution < -0.4 is 15.6 Å². The van der Waals surface area contributed by atoms with Crippen LogP contribution in [-0.2, 0) is 11.3 Å². The quantitative estimate of drug-likeness (QED) is 0.641. The van der Waals surface area contributed by atoms with Crippen LogP contribution in [0.2, 0.25) is 5.02 Å². The van der Waals surface area contributed by atoms with Gasteiger partial charge >= 0.3 is 0 Å². The number of aromatic nitrogens is 3. The van der Waals surface area contributed by atoms with E-state index in [1.165, 1.54) is 6.20 Å². The van der Waals surface area contributed by atoms with Crippen molar-refractivity contribution >= 4 is 17.3 Å². The largest absolute Gasteiger partial charge is 0.472 e. The van der Waals surface area contributed by atoms with Gasteiger partial charge in [0.15, 0.2) is 5.82 Å². The molecule has 10 heteroatoms. The predicted octanol–water partition coefficient (Wildman–Crippen LogP) is 3.34. The van der Waals surface area contributed by atoms with Crippen molar-refractivity contribution in [3.63, 3.8) is 0 Å². The molecule has 1 atom stereocenters. The topological polar surface area (TPSA) is 78.3 Å². The standard InChI is InChI=1S/C20H17ClF2N4O3/c21-19-16(10-26-27(20(19)28)17-2-1-13(22)8-15(17)23)25-9-12-3-5-24-18(7-12)30-14-4-6-29-11-14/h1-3,5,7-8,10,14,25H,4,6,9,11H2. The van der Waals surface area contributed by atoms with E-state index in [-0.39, 0.29) is 22.5 Å². The molecule has 1 saturated heterocycles. The van der Waals surface area contributed by atoms with Gasteiger partial charge in [-0.05, 0) is 23.8 Å². The van der Waals surface area contributed by atoms with Crippen molar-refractivity contribution in [2.45, 2.75) is 19.1 Å². The molecule has 0 saturated carbocycles. The van der Waals surface area contributed by atoms with Gasteiger partial charge in [0.2, 0.25) is 5.88 Å². The van der Waals surface area contributed by atoms with Crippen LogP contribution in [0.15, 0.2) is 47.5 Å². The first-order chi connectivity index (χ1) is 14.5. The van der Waals surface area contributed by atoms with Crippen molar-refractivity contribution in [3.05, 3.63) is 75.3 Å². The molecule has 3 aromatic rings. The molecule has 0 amide bonds. The van der Waals surface area contributed by atoms with Crippen LogP contribution in [-0.4, -0.2) is 34.1 Å². The fraction of sp³-hybridized carbons (Fsp3) is 0.250. The summed E-state index contributed by atoms with van der Waals surface area (Å²) in [5.74, 6) is -1.19. The van der Waals surface area contributed by atoms with E-state index >= 15 is 0 Å². The number of hydrogen-bond acceptors (Lipinski definition) is 6. The van der Waals surface area contributed by atoms with E-state index in [1.54, 1.807) is 18.3 Å². The molecule has 30 heavy (non-hydrogen) atoms. The molecule has 3 heterocycles. The summed E-state index contributed by atoms with van der Waals surface area (Å²) < 4.78 is 38.9. The minimum atomic E-state index is -0.918. The van der Waals surface area contributed by atoms with E-state index in [4.69, 9.17) is 21.1 Å². The molecule has 0 spiro atoms. The van der Waals surface area contributed by atoms with Crippen molar-refractivity contribution in [3.8, 4) is 11.6 Å². The molecular formula is C20H17ClF2N4O3. The highest BCUT2D eigenvalue weighted by Gasteiger charge is 2.18. The Morgan fingerprint density at radius 3 is 2.93 bits per heavy atom. The fourth-order valence-electron chi connectivity index (χ4n) is 2.98. The SMILES string of the molecule is O=c1c(Cl)c(NCc2ccnc(OC3CCOC3)c2)cnn1-c1ccc(F)cc1F. The molecular weight excluding hydrogens is 418 g/mol. The zero-order valence-electron chi connectivity index (χ0n) is 15.6. The molecule has 0 aliphatic carbocycles. The van der Waals surface area contributed by atoms with Gasteiger partial charge in [-0.1, -0.05) is 11.6 Å². The number of anilines is 1. The van der Waals surface area contributed by atoms with Crippen LogP contribution in [0.1, 0.15) is 12.0 Å². The van der Waals surface area contributed by atoms with Gasteiger partial charge in [-0.15, -0.1) is 0 Å². The molecule has 1 fully saturated rings. The number of nitrogens with zero attached hydrogens (tertiary/aromatic N) is 3. The average Bonchev–Trinajstić information content (AvgIpc) is 3.23. The molecule has 1 aliphatic rings. The third kappa shape index (κ3) is 4.42. The normalized spacial score (nSPS) is 15.9. The van der Waals surface area contributed by atoms with E-state index in [9.17, 15) is 13.6 Å². The number of ether oxygens (including phenoxy) is 2. The van der Waals surface area contributed by atoms with Crippen LogP contribution >= 0.6 is 11.6 Å². The molecule has 156 valence electrons. The van der Waals surface area contributed by atoms with E-state index in [0.717, 1.165) is 28.8 Å². The van der Waals surface area contributed by atoms with E-state index in [1.807, 2.05) is 0 Å². The lowest BCUT2D eigenvalue weighted by Crippen LogP contribution is -2.23. The number of benzene rings is 1. The summed E-state index contributed by atoms with van der Waals surface area (Å²) in [5.41, 5.74) is 0.210. The van der Waals surface area contributed by atoms with Crippen molar-refractivity contribution in [2.75, 3.05) is 18.5 Å². The van der Waals surface area contributed by atoms with Gasteiger partial charge in [0.05, 0.1) is 25.1 Å². The zero-order valence-corrected chi connectivity index (χ0v) is 16.4. The number of pyridine rings is 1. The lowest BCUT2D eigenvalue weighted by Gasteiger charge is -2.13. The molecule has 2 aromatic heterocycles. The highest BCUT2D eigenvalue weighted by molar-refractivity contribution is 6.32. The maximum absolute atomic E-state index is 14.0. The van der Waals surface area contributed by atoms with Gasteiger partial charge in [-0.2, -0.15) is 9.78 Å². The van der Waals surface area contributed by atoms with E-state index in [0.29, 0.717) is 31.7 Å². The van der Waals surface area contributed by atoms with Gasteiger partial charge in [-0.3, -0.25) is 4.79 Å². The maximum atomic E-state index is 14.0. The summed E-state index contributed by atoms with van der Waals surface area (Å²) in [6.07, 6.45) is 3.73. The highest BCUT2D eigenvalue weighted by atomic mass is 35.5. The van der Waals surface area contributed by atoms with Crippen molar-refractivity contribution in [1.82, 2.24) is 14.8 Å². The number of hydrogen-bond donors (Lipinski definition) is 1. The first-order valence-electron chi connectivity index (χ1n) is 9.18. The summed E-state index contributed by atoms with van der Waals surface area (Å²) in [7, 11) is 0. The van der Waals surface area contributed by atoms with Gasteiger partial charge in [0.1, 0.15) is 22.6 Å². The summed E-state index contributed by atoms with van der Waals surface area (Å²) in [4.78, 5) is 16.7. The Hall–Kier alpha value is -3.04. The lowest BCUT2D eigenvalue weighted by molar-refractivity contribution is 0.138. The van der Waals surface area contributed by atoms with Crippen LogP contribution in [0.25, 0.3) is 5.69 Å². The Morgan fingerprint density at radius 1 is 1.30 bits per heavy atom. The lowest BCUT2D eigenvalue weighted by atomic mass is 10.2. The van der Waals surface area contributed by atoms with Gasteiger partial charge < -0.3 is 14.8 Å². The second kappa shape index (κ2) is 8.76. The first-order valence-corrected chi connectivity index (χ1v) is 9.55. The second-order valence-electron chi connectivity index (χ2n) is 6.64. The van der Waals surface area contributed by atoms with Crippen LogP contribution in [0, 0.1) is 11.6 Å². The Morgan fingerprint density at radius 2 is 2.17 bits per heavy atom. The second-order valence-corrected chi connectivity index (χ2v) is 7.02. The van der Waals surface area contributed by atoms with Gasteiger partial charge in [0.25, 0.3) is 5.56 Å². The first kappa shape index (κ1) is 20.2. The van der Waals surface area contributed by atoms with Gasteiger partial charge in [0, 0.05) is 31.3 Å². The Bertz CT molecular complexity index is 1120. The van der Waals surface area contributed by atoms with Gasteiger partial charge in [-0.25, -0.2) is 13.8 Å². The summed E-state index contributed by atoms with van der Waals surface area (Å²) >= 11 is 6.16. The van der Waals surface area contributed by atoms with Crippen LogP contribution in [0.5, 0.6) is 5.88 Å². The number of rotatable bonds is 6. The summed E-state index contributed by atoms with van der Waals surface area (Å²) in [6.45, 7) is 1.54. The predicted molar refractivity (Wildman–Crippen MR) is 106 cm³/mol. The van der Waals surface area contributed by atoms with E-state index in [2.05, 4.69) is 15.4 Å². The molecule has 1 unspecified atom stereocenters. The number of halogens is 3. The zero-order chi connectivity index (χ0) is 21.1. The molecule has 1 aliphatic heterocycles. The average molecular weight is 435 g/mol. The molecule has 1 aromatic carbocycles. The minimum Gasteiger partial charge on any atom is -0.472 e. The summed E-state index contributed by atoms with van der Waals surface area (Å²) in [6, 6.07) is 6.40. The fourth-order valence-corrected chi connectivity index (χ4v) is 3.18. The van der Waals surface area contributed by atoms with Crippen molar-refractivity contribution in [1.29, 1.82) is 0 Å². The summed E-state index contributed by atoms with van der Waals surface area (Å²) in [5, 5.41) is 6.80. The Labute approximate surface area is 175 Å². The highest BCUT2D eigenvalue weighted by Crippen LogP contribution is 2.20. The number of nitrogens with one attached hydrogen (secondary N) is 1. The monoisotopic (exact) mass is 434 g/mol. The maximum Gasteiger partial charge on any atom is 0.292 e. The third-order valence-electron chi connectivity index (χ3n) is 4.51. The molecule has 0 bridgehead atoms. The van der Waals surface area contributed by atoms with Crippen LogP contribution in [0.4, 0.5) is 14.5 Å². The minimum absolute atomic E-state index is 0.0150. The van der Waals surface area contributed by atoms with Crippen molar-refractivity contribution < 1.29 is 18.3 Å². The van der Waals surface area contributed by atoms with E-state index < -0.39 is 17.2 Å². The smallest absolute Gasteiger partial charge is 0.292 e. The Kier molecular flexibility index (Phi) is 5.91. The molecule has 7 nitrogen and oxygen atoms in total. The Balaban J connectivity index is 1.49. The molecule has 1 N–H and O–H groups in total. The molecule has 0 radical (unpaired) electrons.